The van der Waals surface area contributed by atoms with Crippen LogP contribution < -0.4 is 37.6 Å². The van der Waals surface area contributed by atoms with Crippen LogP contribution in [0.1, 0.15) is 12.8 Å². The van der Waals surface area contributed by atoms with Gasteiger partial charge in [0.15, 0.2) is 0 Å². The predicted molar refractivity (Wildman–Crippen MR) is 179 cm³/mol. The fourth-order valence-corrected chi connectivity index (χ4v) is 11.0. The lowest BCUT2D eigenvalue weighted by atomic mass is 10.2. The van der Waals surface area contributed by atoms with Crippen LogP contribution in [0.4, 0.5) is 0 Å². The number of hydrogen-bond donors (Lipinski definition) is 1. The highest BCUT2D eigenvalue weighted by molar-refractivity contribution is 7.95. The molecule has 0 saturated heterocycles. The smallest absolute Gasteiger partial charge is 0.307 e. The molecule has 45 heavy (non-hydrogen) atoms. The van der Waals surface area contributed by atoms with Gasteiger partial charge in [-0.2, -0.15) is 0 Å². The first-order chi connectivity index (χ1) is 21.5. The Balaban J connectivity index is 0.00000400. The lowest BCUT2D eigenvalue weighted by Gasteiger charge is -2.27. The summed E-state index contributed by atoms with van der Waals surface area (Å²) in [5, 5.41) is 5.61. The Morgan fingerprint density at radius 3 is 1.82 bits per heavy atom. The molecule has 6 rings (SSSR count). The molecule has 0 amide bonds. The number of benzene rings is 5. The summed E-state index contributed by atoms with van der Waals surface area (Å²) in [7, 11) is -5.84. The maximum Gasteiger partial charge on any atom is 0.307 e. The van der Waals surface area contributed by atoms with Gasteiger partial charge in [0.2, 0.25) is 10.0 Å². The average Bonchev–Trinajstić information content (AvgIpc) is 3.44. The fourth-order valence-electron chi connectivity index (χ4n) is 5.69. The Bertz CT molecular complexity index is 1890. The molecule has 0 bridgehead atoms. The molecule has 0 atom stereocenters. The van der Waals surface area contributed by atoms with Crippen LogP contribution >= 0.6 is 7.26 Å². The first-order valence-electron chi connectivity index (χ1n) is 14.6. The molecule has 9 heteroatoms. The van der Waals surface area contributed by atoms with Gasteiger partial charge >= 0.3 is 5.97 Å². The molecule has 6 aromatic rings. The third-order valence-electron chi connectivity index (χ3n) is 7.77. The minimum Gasteiger partial charge on any atom is -1.00 e. The van der Waals surface area contributed by atoms with Crippen molar-refractivity contribution in [2.75, 3.05) is 19.3 Å². The van der Waals surface area contributed by atoms with Crippen molar-refractivity contribution in [1.82, 2.24) is 4.72 Å². The topological polar surface area (TPSA) is 85.6 Å². The molecule has 1 N–H and O–H groups in total. The van der Waals surface area contributed by atoms with E-state index >= 15 is 0 Å². The lowest BCUT2D eigenvalue weighted by Crippen LogP contribution is -3.00. The average molecular weight is 703 g/mol. The van der Waals surface area contributed by atoms with Gasteiger partial charge in [0, 0.05) is 29.8 Å². The highest BCUT2D eigenvalue weighted by Gasteiger charge is 2.44. The molecule has 0 fully saturated rings. The van der Waals surface area contributed by atoms with E-state index in [0.29, 0.717) is 17.6 Å². The van der Waals surface area contributed by atoms with Crippen LogP contribution in [-0.4, -0.2) is 33.7 Å². The number of sulfonamides is 1. The van der Waals surface area contributed by atoms with Crippen molar-refractivity contribution in [3.8, 4) is 0 Å². The van der Waals surface area contributed by atoms with Crippen molar-refractivity contribution in [3.63, 3.8) is 0 Å². The quantitative estimate of drug-likeness (QED) is 0.120. The molecule has 1 aromatic heterocycles. The Hall–Kier alpha value is -3.81. The molecule has 0 unspecified atom stereocenters. The zero-order valence-electron chi connectivity index (χ0n) is 24.5. The number of furan rings is 1. The summed E-state index contributed by atoms with van der Waals surface area (Å²) in [6.07, 6.45) is 1.43. The van der Waals surface area contributed by atoms with E-state index in [-0.39, 0.29) is 41.4 Å². The predicted octanol–water partition coefficient (Wildman–Crippen LogP) is 3.19. The number of rotatable bonds is 12. The zero-order chi connectivity index (χ0) is 30.4. The molecule has 5 aromatic carbocycles. The van der Waals surface area contributed by atoms with Crippen molar-refractivity contribution in [1.29, 1.82) is 0 Å². The second-order valence-corrected chi connectivity index (χ2v) is 15.9. The van der Waals surface area contributed by atoms with Gasteiger partial charge in [-0.25, -0.2) is 13.1 Å². The van der Waals surface area contributed by atoms with Gasteiger partial charge in [-0.15, -0.1) is 0 Å². The standard InChI is InChI=1S/C36H33NO5PS.BrH/c38-36(23-24-37-44(39,40)31-21-22-33-32-19-10-11-20-34(32)42-35(33)27-31)41-25-12-26-43(28-13-4-1-5-14-28,29-15-6-2-7-16-29)30-17-8-3-9-18-30;/h1-11,13-22,27,37H,12,23-26H2;1H/q+1;/p-1. The molecule has 0 aliphatic carbocycles. The largest absolute Gasteiger partial charge is 1.00 e. The summed E-state index contributed by atoms with van der Waals surface area (Å²) in [4.78, 5) is 12.7. The zero-order valence-corrected chi connectivity index (χ0v) is 27.8. The van der Waals surface area contributed by atoms with Crippen molar-refractivity contribution in [3.05, 3.63) is 133 Å². The van der Waals surface area contributed by atoms with E-state index in [2.05, 4.69) is 77.5 Å². The van der Waals surface area contributed by atoms with Gasteiger partial charge in [-0.1, -0.05) is 72.8 Å². The van der Waals surface area contributed by atoms with Crippen LogP contribution in [0.5, 0.6) is 0 Å². The van der Waals surface area contributed by atoms with Gasteiger partial charge in [-0.05, 0) is 54.6 Å². The number of nitrogens with one attached hydrogen (secondary N) is 1. The van der Waals surface area contributed by atoms with E-state index in [4.69, 9.17) is 9.15 Å². The maximum absolute atomic E-state index is 12.9. The van der Waals surface area contributed by atoms with Crippen LogP contribution in [0.15, 0.2) is 143 Å². The molecular weight excluding hydrogens is 669 g/mol. The maximum atomic E-state index is 12.9. The van der Waals surface area contributed by atoms with Crippen LogP contribution in [0.25, 0.3) is 21.9 Å². The summed E-state index contributed by atoms with van der Waals surface area (Å²) < 4.78 is 39.8. The normalized spacial score (nSPS) is 11.7. The van der Waals surface area contributed by atoms with E-state index in [0.717, 1.165) is 16.9 Å². The van der Waals surface area contributed by atoms with Crippen molar-refractivity contribution >= 4 is 61.1 Å². The molecular formula is C36H33BrNO5PS. The van der Waals surface area contributed by atoms with E-state index in [1.807, 2.05) is 42.5 Å². The first-order valence-corrected chi connectivity index (χ1v) is 18.0. The van der Waals surface area contributed by atoms with Crippen LogP contribution in [0, 0.1) is 0 Å². The second kappa shape index (κ2) is 14.5. The Labute approximate surface area is 274 Å². The number of carbonyl (C=O) groups excluding carboxylic acids is 1. The summed E-state index contributed by atoms with van der Waals surface area (Å²) in [6, 6.07) is 44.1. The Morgan fingerprint density at radius 2 is 1.22 bits per heavy atom. The van der Waals surface area contributed by atoms with Crippen LogP contribution in [0.2, 0.25) is 0 Å². The van der Waals surface area contributed by atoms with Crippen molar-refractivity contribution < 1.29 is 39.3 Å². The molecule has 1 heterocycles. The molecule has 0 spiro atoms. The number of hydrogen-bond acceptors (Lipinski definition) is 5. The highest BCUT2D eigenvalue weighted by atomic mass is 79.9. The summed E-state index contributed by atoms with van der Waals surface area (Å²) in [6.45, 7) is 0.191. The molecule has 0 aliphatic rings. The number of carbonyl (C=O) groups is 1. The van der Waals surface area contributed by atoms with E-state index in [1.165, 1.54) is 22.0 Å². The SMILES string of the molecule is O=C(CCNS(=O)(=O)c1ccc2c(c1)oc1ccccc12)OCCC[P+](c1ccccc1)(c1ccccc1)c1ccccc1.[Br-]. The van der Waals surface area contributed by atoms with Gasteiger partial charge in [0.25, 0.3) is 0 Å². The highest BCUT2D eigenvalue weighted by Crippen LogP contribution is 2.55. The van der Waals surface area contributed by atoms with Gasteiger partial charge in [0.05, 0.1) is 24.1 Å². The van der Waals surface area contributed by atoms with Crippen molar-refractivity contribution in [2.45, 2.75) is 17.7 Å². The number of para-hydroxylation sites is 1. The molecule has 6 nitrogen and oxygen atoms in total. The monoisotopic (exact) mass is 701 g/mol. The van der Waals surface area contributed by atoms with E-state index in [1.54, 1.807) is 12.1 Å². The second-order valence-electron chi connectivity index (χ2n) is 10.5. The van der Waals surface area contributed by atoms with Gasteiger partial charge < -0.3 is 26.1 Å². The minimum absolute atomic E-state index is 0. The Kier molecular flexibility index (Phi) is 10.5. The molecule has 0 saturated carbocycles. The first kappa shape index (κ1) is 32.6. The number of halogens is 1. The van der Waals surface area contributed by atoms with Crippen LogP contribution in [0.3, 0.4) is 0 Å². The lowest BCUT2D eigenvalue weighted by molar-refractivity contribution is -0.143. The Morgan fingerprint density at radius 1 is 0.689 bits per heavy atom. The summed E-state index contributed by atoms with van der Waals surface area (Å²) in [5.41, 5.74) is 1.19. The van der Waals surface area contributed by atoms with E-state index < -0.39 is 23.3 Å². The fraction of sp³-hybridized carbons (Fsp3) is 0.139. The molecule has 0 radical (unpaired) electrons. The van der Waals surface area contributed by atoms with Gasteiger partial charge in [0.1, 0.15) is 34.3 Å². The summed E-state index contributed by atoms with van der Waals surface area (Å²) in [5.74, 6) is -0.441. The third kappa shape index (κ3) is 7.05. The third-order valence-corrected chi connectivity index (χ3v) is 13.8. The van der Waals surface area contributed by atoms with Crippen LogP contribution in [-0.2, 0) is 19.6 Å². The molecule has 0 aliphatic heterocycles. The molecule has 230 valence electrons. The number of esters is 1. The van der Waals surface area contributed by atoms with Crippen molar-refractivity contribution in [2.24, 2.45) is 0 Å². The summed E-state index contributed by atoms with van der Waals surface area (Å²) >= 11 is 0. The minimum atomic E-state index is -3.83. The van der Waals surface area contributed by atoms with Gasteiger partial charge in [-0.3, -0.25) is 4.79 Å². The van der Waals surface area contributed by atoms with E-state index in [9.17, 15) is 13.2 Å². The number of ether oxygens (including phenoxy) is 1. The number of fused-ring (bicyclic) bond motifs is 3.